The third-order valence-electron chi connectivity index (χ3n) is 3.56. The normalized spacial score (nSPS) is 17.3. The van der Waals surface area contributed by atoms with Gasteiger partial charge in [0.15, 0.2) is 11.5 Å². The first-order valence-corrected chi connectivity index (χ1v) is 6.64. The highest BCUT2D eigenvalue weighted by molar-refractivity contribution is 5.85. The number of alkyl halides is 1. The molecule has 6 heteroatoms. The minimum absolute atomic E-state index is 0. The molecule has 4 nitrogen and oxygen atoms in total. The molecule has 0 radical (unpaired) electrons. The van der Waals surface area contributed by atoms with Gasteiger partial charge >= 0.3 is 0 Å². The van der Waals surface area contributed by atoms with Crippen LogP contribution in [0.2, 0.25) is 0 Å². The summed E-state index contributed by atoms with van der Waals surface area (Å²) in [5.41, 5.74) is 0.995. The zero-order valence-electron chi connectivity index (χ0n) is 11.6. The molecule has 1 aromatic carbocycles. The number of methoxy groups -OCH3 is 1. The molecule has 114 valence electrons. The van der Waals surface area contributed by atoms with Crippen LogP contribution in [-0.2, 0) is 0 Å². The van der Waals surface area contributed by atoms with Crippen LogP contribution in [0.25, 0.3) is 0 Å². The van der Waals surface area contributed by atoms with Crippen LogP contribution in [0.4, 0.5) is 4.39 Å². The number of phenols is 1. The van der Waals surface area contributed by atoms with E-state index in [1.165, 1.54) is 7.11 Å². The standard InChI is InChI=1S/C14H21FN2O2.ClH/c1-19-14-10-11(2-3-13(14)18)12(4-5-15)17-8-6-16-7-9-17;/h2-3,10,12,16,18H,4-9H2,1H3;1H/t12-;/m1./s1. The Balaban J connectivity index is 0.00000200. The fourth-order valence-electron chi connectivity index (χ4n) is 2.56. The van der Waals surface area contributed by atoms with Crippen LogP contribution in [0.3, 0.4) is 0 Å². The highest BCUT2D eigenvalue weighted by Crippen LogP contribution is 2.32. The number of phenolic OH excluding ortho intramolecular Hbond substituents is 1. The molecule has 0 aliphatic carbocycles. The predicted octanol–water partition coefficient (Wildman–Crippen LogP) is 2.13. The molecule has 2 N–H and O–H groups in total. The molecule has 20 heavy (non-hydrogen) atoms. The molecule has 2 rings (SSSR count). The minimum Gasteiger partial charge on any atom is -0.504 e. The van der Waals surface area contributed by atoms with Crippen LogP contribution in [-0.4, -0.2) is 50.0 Å². The van der Waals surface area contributed by atoms with E-state index in [1.54, 1.807) is 12.1 Å². The lowest BCUT2D eigenvalue weighted by Gasteiger charge is -2.35. The molecule has 0 saturated carbocycles. The second-order valence-electron chi connectivity index (χ2n) is 4.71. The van der Waals surface area contributed by atoms with E-state index in [1.807, 2.05) is 6.07 Å². The number of benzene rings is 1. The number of nitrogens with one attached hydrogen (secondary N) is 1. The Kier molecular flexibility index (Phi) is 7.05. The summed E-state index contributed by atoms with van der Waals surface area (Å²) >= 11 is 0. The number of piperazine rings is 1. The smallest absolute Gasteiger partial charge is 0.160 e. The second-order valence-corrected chi connectivity index (χ2v) is 4.71. The number of hydrogen-bond acceptors (Lipinski definition) is 4. The Morgan fingerprint density at radius 2 is 2.10 bits per heavy atom. The summed E-state index contributed by atoms with van der Waals surface area (Å²) in [6.45, 7) is 3.33. The van der Waals surface area contributed by atoms with E-state index in [9.17, 15) is 9.50 Å². The van der Waals surface area contributed by atoms with E-state index in [0.29, 0.717) is 12.2 Å². The molecule has 1 heterocycles. The number of rotatable bonds is 5. The first-order chi connectivity index (χ1) is 9.26. The zero-order valence-corrected chi connectivity index (χ0v) is 12.5. The maximum absolute atomic E-state index is 12.8. The largest absolute Gasteiger partial charge is 0.504 e. The van der Waals surface area contributed by atoms with Gasteiger partial charge in [-0.1, -0.05) is 6.07 Å². The number of hydrogen-bond donors (Lipinski definition) is 2. The van der Waals surface area contributed by atoms with Crippen LogP contribution in [0.15, 0.2) is 18.2 Å². The van der Waals surface area contributed by atoms with Crippen molar-refractivity contribution >= 4 is 12.4 Å². The van der Waals surface area contributed by atoms with Crippen molar-refractivity contribution in [3.63, 3.8) is 0 Å². The number of nitrogens with zero attached hydrogens (tertiary/aromatic N) is 1. The van der Waals surface area contributed by atoms with Crippen molar-refractivity contribution in [3.05, 3.63) is 23.8 Å². The van der Waals surface area contributed by atoms with Gasteiger partial charge < -0.3 is 15.2 Å². The molecular formula is C14H22ClFN2O2. The monoisotopic (exact) mass is 304 g/mol. The van der Waals surface area contributed by atoms with Gasteiger partial charge in [0.05, 0.1) is 13.8 Å². The summed E-state index contributed by atoms with van der Waals surface area (Å²) in [6.07, 6.45) is 0.466. The Hall–Kier alpha value is -1.04. The summed E-state index contributed by atoms with van der Waals surface area (Å²) in [7, 11) is 1.52. The lowest BCUT2D eigenvalue weighted by atomic mass is 10.0. The van der Waals surface area contributed by atoms with Gasteiger partial charge in [0.2, 0.25) is 0 Å². The molecule has 1 atom stereocenters. The SMILES string of the molecule is COc1cc([C@@H](CCF)N2CCNCC2)ccc1O.Cl. The van der Waals surface area contributed by atoms with Crippen LogP contribution in [0, 0.1) is 0 Å². The minimum atomic E-state index is -0.349. The summed E-state index contributed by atoms with van der Waals surface area (Å²) in [6, 6.07) is 5.31. The first kappa shape index (κ1) is 17.0. The molecule has 0 bridgehead atoms. The third kappa shape index (κ3) is 3.98. The van der Waals surface area contributed by atoms with E-state index in [-0.39, 0.29) is 30.9 Å². The zero-order chi connectivity index (χ0) is 13.7. The maximum Gasteiger partial charge on any atom is 0.160 e. The predicted molar refractivity (Wildman–Crippen MR) is 79.7 cm³/mol. The van der Waals surface area contributed by atoms with Gasteiger partial charge in [0.1, 0.15) is 0 Å². The summed E-state index contributed by atoms with van der Waals surface area (Å²) in [5, 5.41) is 12.9. The Labute approximate surface area is 125 Å². The topological polar surface area (TPSA) is 44.7 Å². The van der Waals surface area contributed by atoms with Gasteiger partial charge in [0, 0.05) is 32.2 Å². The molecular weight excluding hydrogens is 283 g/mol. The highest BCUT2D eigenvalue weighted by Gasteiger charge is 2.22. The van der Waals surface area contributed by atoms with Crippen LogP contribution < -0.4 is 10.1 Å². The van der Waals surface area contributed by atoms with Gasteiger partial charge in [-0.15, -0.1) is 12.4 Å². The number of ether oxygens (including phenoxy) is 1. The number of halogens is 2. The second kappa shape index (κ2) is 8.29. The molecule has 1 aliphatic heterocycles. The lowest BCUT2D eigenvalue weighted by molar-refractivity contribution is 0.157. The van der Waals surface area contributed by atoms with E-state index < -0.39 is 0 Å². The fraction of sp³-hybridized carbons (Fsp3) is 0.571. The average Bonchev–Trinajstić information content (AvgIpc) is 2.46. The third-order valence-corrected chi connectivity index (χ3v) is 3.56. The van der Waals surface area contributed by atoms with Crippen molar-refractivity contribution in [1.82, 2.24) is 10.2 Å². The summed E-state index contributed by atoms with van der Waals surface area (Å²) in [4.78, 5) is 2.28. The molecule has 0 amide bonds. The summed E-state index contributed by atoms with van der Waals surface area (Å²) in [5.74, 6) is 0.557. The van der Waals surface area contributed by atoms with E-state index in [0.717, 1.165) is 31.7 Å². The first-order valence-electron chi connectivity index (χ1n) is 6.64. The van der Waals surface area contributed by atoms with E-state index in [4.69, 9.17) is 4.74 Å². The molecule has 1 saturated heterocycles. The van der Waals surface area contributed by atoms with Crippen molar-refractivity contribution in [2.45, 2.75) is 12.5 Å². The Morgan fingerprint density at radius 1 is 1.40 bits per heavy atom. The maximum atomic E-state index is 12.8. The van der Waals surface area contributed by atoms with Crippen molar-refractivity contribution in [3.8, 4) is 11.5 Å². The van der Waals surface area contributed by atoms with E-state index >= 15 is 0 Å². The molecule has 0 unspecified atom stereocenters. The lowest BCUT2D eigenvalue weighted by Crippen LogP contribution is -2.45. The van der Waals surface area contributed by atoms with E-state index in [2.05, 4.69) is 10.2 Å². The van der Waals surface area contributed by atoms with Gasteiger partial charge in [-0.05, 0) is 24.1 Å². The van der Waals surface area contributed by atoms with Crippen molar-refractivity contribution in [2.75, 3.05) is 40.0 Å². The Morgan fingerprint density at radius 3 is 2.70 bits per heavy atom. The highest BCUT2D eigenvalue weighted by atomic mass is 35.5. The number of aromatic hydroxyl groups is 1. The Bertz CT molecular complexity index is 414. The quantitative estimate of drug-likeness (QED) is 0.875. The average molecular weight is 305 g/mol. The molecule has 0 spiro atoms. The van der Waals surface area contributed by atoms with Gasteiger partial charge in [0.25, 0.3) is 0 Å². The van der Waals surface area contributed by atoms with Crippen LogP contribution in [0.5, 0.6) is 11.5 Å². The van der Waals surface area contributed by atoms with Crippen LogP contribution >= 0.6 is 12.4 Å². The van der Waals surface area contributed by atoms with Crippen molar-refractivity contribution in [2.24, 2.45) is 0 Å². The van der Waals surface area contributed by atoms with Gasteiger partial charge in [-0.3, -0.25) is 9.29 Å². The molecule has 1 fully saturated rings. The molecule has 1 aliphatic rings. The van der Waals surface area contributed by atoms with Crippen LogP contribution in [0.1, 0.15) is 18.0 Å². The summed E-state index contributed by atoms with van der Waals surface area (Å²) < 4.78 is 17.9. The van der Waals surface area contributed by atoms with Gasteiger partial charge in [-0.2, -0.15) is 0 Å². The van der Waals surface area contributed by atoms with Gasteiger partial charge in [-0.25, -0.2) is 0 Å². The molecule has 1 aromatic rings. The van der Waals surface area contributed by atoms with Crippen molar-refractivity contribution < 1.29 is 14.2 Å². The molecule has 0 aromatic heterocycles. The fourth-order valence-corrected chi connectivity index (χ4v) is 2.56. The van der Waals surface area contributed by atoms with Crippen molar-refractivity contribution in [1.29, 1.82) is 0 Å².